The molecule has 0 fully saturated rings. The summed E-state index contributed by atoms with van der Waals surface area (Å²) in [6.45, 7) is 2.94. The second kappa shape index (κ2) is 5.52. The monoisotopic (exact) mass is 371 g/mol. The van der Waals surface area contributed by atoms with Crippen LogP contribution in [0.2, 0.25) is 0 Å². The fourth-order valence-corrected chi connectivity index (χ4v) is 1.96. The maximum Gasteiger partial charge on any atom is 0.363 e. The third-order valence-electron chi connectivity index (χ3n) is 2.24. The van der Waals surface area contributed by atoms with Gasteiger partial charge >= 0.3 is 11.9 Å². The van der Waals surface area contributed by atoms with Gasteiger partial charge in [0, 0.05) is 13.8 Å². The molecule has 2 rings (SSSR count). The zero-order chi connectivity index (χ0) is 14.0. The first-order valence-electron chi connectivity index (χ1n) is 5.43. The summed E-state index contributed by atoms with van der Waals surface area (Å²) in [6.07, 6.45) is 1.59. The zero-order valence-electron chi connectivity index (χ0n) is 10.3. The number of ether oxygens (including phenoxy) is 2. The number of carbonyl (C=O) groups excluding carboxylic acids is 2. The zero-order valence-corrected chi connectivity index (χ0v) is 12.4. The molecule has 1 heterocycles. The highest BCUT2D eigenvalue weighted by Crippen LogP contribution is 2.24. The van der Waals surface area contributed by atoms with Gasteiger partial charge in [-0.15, -0.1) is 0 Å². The molecular formula is C13H10INO4. The third-order valence-corrected chi connectivity index (χ3v) is 3.13. The number of cyclic esters (lactones) is 1. The van der Waals surface area contributed by atoms with E-state index in [0.29, 0.717) is 17.2 Å². The number of benzene rings is 1. The van der Waals surface area contributed by atoms with Crippen LogP contribution in [-0.2, 0) is 14.3 Å². The van der Waals surface area contributed by atoms with E-state index in [-0.39, 0.29) is 5.70 Å². The Labute approximate surface area is 123 Å². The normalized spacial score (nSPS) is 16.3. The molecule has 0 atom stereocenters. The number of esters is 2. The molecular weight excluding hydrogens is 361 g/mol. The number of halogens is 1. The summed E-state index contributed by atoms with van der Waals surface area (Å²) in [5, 5.41) is 0. The molecule has 1 aromatic rings. The summed E-state index contributed by atoms with van der Waals surface area (Å²) < 4.78 is 10.7. The Morgan fingerprint density at radius 2 is 2.21 bits per heavy atom. The van der Waals surface area contributed by atoms with Crippen molar-refractivity contribution in [1.29, 1.82) is 0 Å². The molecule has 0 aliphatic carbocycles. The summed E-state index contributed by atoms with van der Waals surface area (Å²) in [5.74, 6) is -0.0987. The molecule has 0 N–H and O–H groups in total. The summed E-state index contributed by atoms with van der Waals surface area (Å²) in [5.41, 5.74) is 0.939. The molecule has 0 unspecified atom stereocenters. The van der Waals surface area contributed by atoms with Crippen molar-refractivity contribution in [3.63, 3.8) is 0 Å². The maximum atomic E-state index is 11.4. The number of aliphatic imine (C=N–C) groups is 1. The summed E-state index contributed by atoms with van der Waals surface area (Å²) in [6, 6.07) is 5.27. The predicted octanol–water partition coefficient (Wildman–Crippen LogP) is 2.53. The van der Waals surface area contributed by atoms with Crippen molar-refractivity contribution < 1.29 is 19.1 Å². The van der Waals surface area contributed by atoms with Gasteiger partial charge in [0.2, 0.25) is 0 Å². The van der Waals surface area contributed by atoms with E-state index in [1.807, 2.05) is 0 Å². The lowest BCUT2D eigenvalue weighted by Gasteiger charge is -2.05. The van der Waals surface area contributed by atoms with Gasteiger partial charge < -0.3 is 9.47 Å². The molecule has 0 aromatic heterocycles. The Hall–Kier alpha value is -1.70. The van der Waals surface area contributed by atoms with E-state index in [2.05, 4.69) is 27.6 Å². The SMILES string of the molecule is CC(=O)Oc1cc(/C=C2\N=C(C)OC2=O)ccc1I. The van der Waals surface area contributed by atoms with E-state index in [0.717, 1.165) is 3.57 Å². The highest BCUT2D eigenvalue weighted by molar-refractivity contribution is 14.1. The van der Waals surface area contributed by atoms with Crippen molar-refractivity contribution >= 4 is 46.5 Å². The van der Waals surface area contributed by atoms with Crippen LogP contribution in [0.15, 0.2) is 28.9 Å². The summed E-state index contributed by atoms with van der Waals surface area (Å²) in [4.78, 5) is 26.4. The van der Waals surface area contributed by atoms with E-state index in [9.17, 15) is 9.59 Å². The first-order valence-corrected chi connectivity index (χ1v) is 6.51. The van der Waals surface area contributed by atoms with Crippen LogP contribution >= 0.6 is 22.6 Å². The molecule has 1 aliphatic rings. The van der Waals surface area contributed by atoms with Crippen LogP contribution in [0.25, 0.3) is 6.08 Å². The molecule has 0 saturated carbocycles. The largest absolute Gasteiger partial charge is 0.426 e. The van der Waals surface area contributed by atoms with Crippen LogP contribution in [0.4, 0.5) is 0 Å². The minimum Gasteiger partial charge on any atom is -0.426 e. The van der Waals surface area contributed by atoms with Crippen LogP contribution in [0, 0.1) is 3.57 Å². The minimum atomic E-state index is -0.481. The number of carbonyl (C=O) groups is 2. The third kappa shape index (κ3) is 3.40. The average molecular weight is 371 g/mol. The Bertz CT molecular complexity index is 619. The van der Waals surface area contributed by atoms with Crippen molar-refractivity contribution in [2.24, 2.45) is 4.99 Å². The number of rotatable bonds is 2. The molecule has 1 aliphatic heterocycles. The minimum absolute atomic E-state index is 0.229. The maximum absolute atomic E-state index is 11.4. The van der Waals surface area contributed by atoms with Gasteiger partial charge in [-0.25, -0.2) is 9.79 Å². The molecule has 0 bridgehead atoms. The fourth-order valence-electron chi connectivity index (χ4n) is 1.52. The standard InChI is InChI=1S/C13H10INO4/c1-7-15-11(13(17)18-7)5-9-3-4-10(14)12(6-9)19-8(2)16/h3-6H,1-2H3/b11-5-. The van der Waals surface area contributed by atoms with E-state index in [1.165, 1.54) is 6.92 Å². The number of nitrogens with zero attached hydrogens (tertiary/aromatic N) is 1. The topological polar surface area (TPSA) is 65.0 Å². The van der Waals surface area contributed by atoms with Crippen LogP contribution in [0.3, 0.4) is 0 Å². The molecule has 98 valence electrons. The van der Waals surface area contributed by atoms with Gasteiger partial charge in [0.05, 0.1) is 3.57 Å². The molecule has 6 heteroatoms. The van der Waals surface area contributed by atoms with E-state index in [4.69, 9.17) is 9.47 Å². The van der Waals surface area contributed by atoms with Crippen LogP contribution in [-0.4, -0.2) is 17.8 Å². The highest BCUT2D eigenvalue weighted by Gasteiger charge is 2.19. The lowest BCUT2D eigenvalue weighted by atomic mass is 10.2. The molecule has 19 heavy (non-hydrogen) atoms. The Morgan fingerprint density at radius 1 is 1.47 bits per heavy atom. The van der Waals surface area contributed by atoms with Gasteiger partial charge in [0.1, 0.15) is 5.75 Å². The first kappa shape index (κ1) is 13.7. The van der Waals surface area contributed by atoms with Gasteiger partial charge in [-0.1, -0.05) is 6.07 Å². The predicted molar refractivity (Wildman–Crippen MR) is 77.6 cm³/mol. The second-order valence-electron chi connectivity index (χ2n) is 3.83. The highest BCUT2D eigenvalue weighted by atomic mass is 127. The summed E-state index contributed by atoms with van der Waals surface area (Å²) in [7, 11) is 0. The van der Waals surface area contributed by atoms with E-state index >= 15 is 0 Å². The smallest absolute Gasteiger partial charge is 0.363 e. The van der Waals surface area contributed by atoms with Crippen LogP contribution < -0.4 is 4.74 Å². The lowest BCUT2D eigenvalue weighted by molar-refractivity contribution is -0.132. The van der Waals surface area contributed by atoms with Crippen molar-refractivity contribution in [2.45, 2.75) is 13.8 Å². The Balaban J connectivity index is 2.34. The van der Waals surface area contributed by atoms with Crippen LogP contribution in [0.5, 0.6) is 5.75 Å². The Kier molecular flexibility index (Phi) is 3.98. The van der Waals surface area contributed by atoms with Gasteiger partial charge in [0.15, 0.2) is 11.6 Å². The van der Waals surface area contributed by atoms with Crippen molar-refractivity contribution in [1.82, 2.24) is 0 Å². The first-order chi connectivity index (χ1) is 8.95. The van der Waals surface area contributed by atoms with E-state index in [1.54, 1.807) is 31.2 Å². The number of hydrogen-bond donors (Lipinski definition) is 0. The molecule has 5 nitrogen and oxygen atoms in total. The molecule has 1 aromatic carbocycles. The average Bonchev–Trinajstić information content (AvgIpc) is 2.61. The van der Waals surface area contributed by atoms with Gasteiger partial charge in [-0.05, 0) is 46.4 Å². The van der Waals surface area contributed by atoms with Gasteiger partial charge in [0.25, 0.3) is 0 Å². The fraction of sp³-hybridized carbons (Fsp3) is 0.154. The molecule has 0 saturated heterocycles. The quantitative estimate of drug-likeness (QED) is 0.347. The van der Waals surface area contributed by atoms with Crippen molar-refractivity contribution in [3.05, 3.63) is 33.0 Å². The molecule has 0 radical (unpaired) electrons. The van der Waals surface area contributed by atoms with Crippen molar-refractivity contribution in [2.75, 3.05) is 0 Å². The van der Waals surface area contributed by atoms with E-state index < -0.39 is 11.9 Å². The van der Waals surface area contributed by atoms with Crippen LogP contribution in [0.1, 0.15) is 19.4 Å². The molecule has 0 amide bonds. The second-order valence-corrected chi connectivity index (χ2v) is 5.00. The van der Waals surface area contributed by atoms with Gasteiger partial charge in [-0.3, -0.25) is 4.79 Å². The van der Waals surface area contributed by atoms with Gasteiger partial charge in [-0.2, -0.15) is 0 Å². The summed E-state index contributed by atoms with van der Waals surface area (Å²) >= 11 is 2.07. The van der Waals surface area contributed by atoms with Crippen molar-refractivity contribution in [3.8, 4) is 5.75 Å². The lowest BCUT2D eigenvalue weighted by Crippen LogP contribution is -2.03. The molecule has 0 spiro atoms. The number of hydrogen-bond acceptors (Lipinski definition) is 5. The Morgan fingerprint density at radius 3 is 2.79 bits per heavy atom.